The molecule has 2 fully saturated rings. The number of fused-ring (bicyclic) bond motifs is 1. The van der Waals surface area contributed by atoms with Crippen molar-refractivity contribution < 1.29 is 36.6 Å². The predicted octanol–water partition coefficient (Wildman–Crippen LogP) is 2.79. The van der Waals surface area contributed by atoms with Crippen LogP contribution in [0.25, 0.3) is 10.9 Å². The lowest BCUT2D eigenvalue weighted by molar-refractivity contribution is -0.174. The molecule has 4 rings (SSSR count). The average Bonchev–Trinajstić information content (AvgIpc) is 3.50. The zero-order chi connectivity index (χ0) is 25.3. The smallest absolute Gasteiger partial charge is 0.471 e. The van der Waals surface area contributed by atoms with E-state index in [1.54, 1.807) is 0 Å². The number of halogens is 5. The summed E-state index contributed by atoms with van der Waals surface area (Å²) in [4.78, 5) is 36.8. The van der Waals surface area contributed by atoms with Crippen LogP contribution in [0.5, 0.6) is 0 Å². The van der Waals surface area contributed by atoms with Gasteiger partial charge in [0.05, 0.1) is 22.6 Å². The van der Waals surface area contributed by atoms with Crippen LogP contribution in [0.2, 0.25) is 0 Å². The highest BCUT2D eigenvalue weighted by Crippen LogP contribution is 2.43. The quantitative estimate of drug-likeness (QED) is 0.450. The predicted molar refractivity (Wildman–Crippen MR) is 112 cm³/mol. The molecule has 1 amide bonds. The molecule has 0 spiro atoms. The summed E-state index contributed by atoms with van der Waals surface area (Å²) in [6, 6.07) is -1.42. The highest BCUT2D eigenvalue weighted by atomic mass is 19.4. The second kappa shape index (κ2) is 7.57. The number of alkyl halides is 3. The number of nitrogens with one attached hydrogen (secondary N) is 1. The van der Waals surface area contributed by atoms with Crippen LogP contribution in [0.4, 0.5) is 33.3 Å². The molecule has 1 aromatic carbocycles. The molecular weight excluding hydrogens is 467 g/mol. The number of carbonyl (C=O) groups is 2. The second-order valence-corrected chi connectivity index (χ2v) is 9.32. The van der Waals surface area contributed by atoms with E-state index in [2.05, 4.69) is 0 Å². The fourth-order valence-electron chi connectivity index (χ4n) is 4.41. The molecular formula is C21H21F5N4O4. The molecule has 184 valence electrons. The highest BCUT2D eigenvalue weighted by molar-refractivity contribution is 6.00. The Morgan fingerprint density at radius 1 is 1.21 bits per heavy atom. The third-order valence-electron chi connectivity index (χ3n) is 6.36. The van der Waals surface area contributed by atoms with Crippen LogP contribution in [0.1, 0.15) is 43.1 Å². The Bertz CT molecular complexity index is 1280. The van der Waals surface area contributed by atoms with Crippen LogP contribution < -0.4 is 21.4 Å². The molecule has 8 nitrogen and oxygen atoms in total. The molecule has 2 aliphatic rings. The molecule has 1 aliphatic heterocycles. The summed E-state index contributed by atoms with van der Waals surface area (Å²) in [7, 11) is 0. The molecule has 13 heteroatoms. The van der Waals surface area contributed by atoms with Crippen LogP contribution in [0, 0.1) is 17.0 Å². The number of benzene rings is 1. The molecule has 1 saturated heterocycles. The number of carboxylic acid groups (broad SMARTS) is 1. The molecule has 2 aromatic rings. The molecule has 4 N–H and O–H groups in total. The van der Waals surface area contributed by atoms with Gasteiger partial charge in [-0.05, 0) is 12.8 Å². The summed E-state index contributed by atoms with van der Waals surface area (Å²) in [5.41, 5.74) is 1.25. The first-order chi connectivity index (χ1) is 15.6. The number of rotatable bonds is 4. The number of hydrogen-bond donors (Lipinski definition) is 3. The monoisotopic (exact) mass is 488 g/mol. The molecule has 2 heterocycles. The number of aromatic nitrogens is 1. The number of anilines is 2. The van der Waals surface area contributed by atoms with Crippen molar-refractivity contribution >= 4 is 34.2 Å². The molecule has 1 aromatic heterocycles. The van der Waals surface area contributed by atoms with E-state index in [1.165, 1.54) is 18.4 Å². The molecule has 34 heavy (non-hydrogen) atoms. The maximum absolute atomic E-state index is 15.8. The van der Waals surface area contributed by atoms with Gasteiger partial charge in [-0.25, -0.2) is 13.6 Å². The topological polar surface area (TPSA) is 118 Å². The van der Waals surface area contributed by atoms with Crippen molar-refractivity contribution in [3.8, 4) is 0 Å². The fraction of sp³-hybridized carbons (Fsp3) is 0.476. The molecule has 0 radical (unpaired) electrons. The summed E-state index contributed by atoms with van der Waals surface area (Å²) >= 11 is 0. The van der Waals surface area contributed by atoms with Gasteiger partial charge in [0.1, 0.15) is 11.3 Å². The van der Waals surface area contributed by atoms with Crippen molar-refractivity contribution in [3.05, 3.63) is 33.6 Å². The van der Waals surface area contributed by atoms with Crippen molar-refractivity contribution in [3.63, 3.8) is 0 Å². The van der Waals surface area contributed by atoms with Crippen molar-refractivity contribution in [2.24, 2.45) is 5.41 Å². The Labute approximate surface area is 189 Å². The zero-order valence-corrected chi connectivity index (χ0v) is 18.1. The molecule has 1 unspecified atom stereocenters. The number of carboxylic acids is 1. The van der Waals surface area contributed by atoms with Gasteiger partial charge in [0.25, 0.3) is 0 Å². The van der Waals surface area contributed by atoms with Gasteiger partial charge >= 0.3 is 18.1 Å². The van der Waals surface area contributed by atoms with Crippen molar-refractivity contribution in [1.29, 1.82) is 0 Å². The minimum atomic E-state index is -5.13. The third-order valence-corrected chi connectivity index (χ3v) is 6.36. The van der Waals surface area contributed by atoms with Gasteiger partial charge in [0.2, 0.25) is 5.43 Å². The lowest BCUT2D eigenvalue weighted by Crippen LogP contribution is -2.49. The van der Waals surface area contributed by atoms with Crippen molar-refractivity contribution in [2.45, 2.75) is 44.9 Å². The number of aromatic carboxylic acids is 1. The number of nitrogens with two attached hydrogens (primary N) is 1. The summed E-state index contributed by atoms with van der Waals surface area (Å²) in [5.74, 6) is -6.25. The van der Waals surface area contributed by atoms with Gasteiger partial charge < -0.3 is 25.6 Å². The summed E-state index contributed by atoms with van der Waals surface area (Å²) < 4.78 is 70.7. The van der Waals surface area contributed by atoms with E-state index in [4.69, 9.17) is 5.73 Å². The minimum Gasteiger partial charge on any atom is -0.477 e. The first-order valence-electron chi connectivity index (χ1n) is 10.4. The van der Waals surface area contributed by atoms with Crippen LogP contribution in [-0.2, 0) is 4.79 Å². The maximum atomic E-state index is 15.8. The Hall–Kier alpha value is -3.38. The normalized spacial score (nSPS) is 20.1. The van der Waals surface area contributed by atoms with Gasteiger partial charge in [-0.1, -0.05) is 13.8 Å². The van der Waals surface area contributed by atoms with E-state index in [-0.39, 0.29) is 24.6 Å². The number of nitrogen functional groups attached to an aromatic ring is 1. The van der Waals surface area contributed by atoms with Gasteiger partial charge in [-0.3, -0.25) is 9.59 Å². The Kier molecular flexibility index (Phi) is 5.29. The summed E-state index contributed by atoms with van der Waals surface area (Å²) in [6.45, 7) is 2.59. The van der Waals surface area contributed by atoms with Crippen LogP contribution in [-0.4, -0.2) is 46.9 Å². The van der Waals surface area contributed by atoms with E-state index in [9.17, 15) is 32.7 Å². The largest absolute Gasteiger partial charge is 0.477 e. The van der Waals surface area contributed by atoms with Gasteiger partial charge in [0, 0.05) is 30.7 Å². The zero-order valence-electron chi connectivity index (χ0n) is 18.1. The van der Waals surface area contributed by atoms with Gasteiger partial charge in [-0.15, -0.1) is 0 Å². The summed E-state index contributed by atoms with van der Waals surface area (Å²) in [6.07, 6.45) is -2.98. The Morgan fingerprint density at radius 2 is 1.82 bits per heavy atom. The van der Waals surface area contributed by atoms with Crippen molar-refractivity contribution in [2.75, 3.05) is 23.7 Å². The first-order valence-corrected chi connectivity index (χ1v) is 10.4. The highest BCUT2D eigenvalue weighted by Gasteiger charge is 2.47. The number of hydrogen-bond acceptors (Lipinski definition) is 5. The standard InChI is InChI=1S/C21H21F5N4O4/c1-20(2)7-29(6-10(20)28-19(34)21(24,25)26)16-12(22)14(27)11-15(13(16)23)30(8-3-4-8)5-9(17(11)31)18(32)33/h5,8,10H,3-4,6-7,27H2,1-2H3,(H,28,34)(H,32,33). The molecule has 1 aliphatic carbocycles. The lowest BCUT2D eigenvalue weighted by Gasteiger charge is -2.26. The Morgan fingerprint density at radius 3 is 2.35 bits per heavy atom. The van der Waals surface area contributed by atoms with Crippen molar-refractivity contribution in [1.82, 2.24) is 9.88 Å². The van der Waals surface area contributed by atoms with E-state index in [0.717, 1.165) is 11.1 Å². The van der Waals surface area contributed by atoms with Crippen LogP contribution >= 0.6 is 0 Å². The van der Waals surface area contributed by atoms with Gasteiger partial charge in [0.15, 0.2) is 11.6 Å². The van der Waals surface area contributed by atoms with E-state index in [1.807, 2.05) is 5.32 Å². The van der Waals surface area contributed by atoms with E-state index in [0.29, 0.717) is 12.8 Å². The second-order valence-electron chi connectivity index (χ2n) is 9.32. The van der Waals surface area contributed by atoms with Crippen LogP contribution in [0.3, 0.4) is 0 Å². The summed E-state index contributed by atoms with van der Waals surface area (Å²) in [5, 5.41) is 10.6. The van der Waals surface area contributed by atoms with Gasteiger partial charge in [-0.2, -0.15) is 13.2 Å². The fourth-order valence-corrected chi connectivity index (χ4v) is 4.41. The van der Waals surface area contributed by atoms with E-state index < -0.39 is 68.9 Å². The number of amides is 1. The maximum Gasteiger partial charge on any atom is 0.471 e. The lowest BCUT2D eigenvalue weighted by atomic mass is 9.88. The van der Waals surface area contributed by atoms with Crippen LogP contribution in [0.15, 0.2) is 11.0 Å². The number of nitrogens with zero attached hydrogens (tertiary/aromatic N) is 2. The minimum absolute atomic E-state index is 0.130. The van der Waals surface area contributed by atoms with E-state index >= 15 is 8.78 Å². The molecule has 1 saturated carbocycles. The molecule has 1 atom stereocenters. The molecule has 0 bridgehead atoms. The first kappa shape index (κ1) is 23.8. The number of carbonyl (C=O) groups excluding carboxylic acids is 1. The number of pyridine rings is 1. The SMILES string of the molecule is CC1(C)CN(c2c(F)c(N)c3c(=O)c(C(=O)O)cn(C4CC4)c3c2F)CC1NC(=O)C(F)(F)F. The average molecular weight is 488 g/mol. The third kappa shape index (κ3) is 3.72. The Balaban J connectivity index is 1.87.